The summed E-state index contributed by atoms with van der Waals surface area (Å²) in [5.74, 6) is -1.01. The summed E-state index contributed by atoms with van der Waals surface area (Å²) in [4.78, 5) is 42.6. The highest BCUT2D eigenvalue weighted by atomic mass is 19.4. The van der Waals surface area contributed by atoms with Gasteiger partial charge in [0.15, 0.2) is 0 Å². The Kier molecular flexibility index (Phi) is 6.15. The number of rotatable bonds is 4. The van der Waals surface area contributed by atoms with Crippen LogP contribution in [0.4, 0.5) is 23.7 Å². The molecule has 0 spiro atoms. The molecule has 11 heteroatoms. The van der Waals surface area contributed by atoms with Gasteiger partial charge in [-0.15, -0.1) is 0 Å². The van der Waals surface area contributed by atoms with E-state index in [1.165, 1.54) is 30.0 Å². The molecule has 1 atom stereocenters. The number of alkyl halides is 3. The monoisotopic (exact) mass is 485 g/mol. The van der Waals surface area contributed by atoms with Gasteiger partial charge in [0.2, 0.25) is 5.91 Å². The zero-order chi connectivity index (χ0) is 25.4. The summed E-state index contributed by atoms with van der Waals surface area (Å²) in [7, 11) is 0. The number of carbonyl (C=O) groups excluding carboxylic acids is 3. The predicted molar refractivity (Wildman–Crippen MR) is 119 cm³/mol. The van der Waals surface area contributed by atoms with E-state index in [0.29, 0.717) is 29.9 Å². The van der Waals surface area contributed by atoms with Crippen LogP contribution >= 0.6 is 0 Å². The summed E-state index contributed by atoms with van der Waals surface area (Å²) in [6.45, 7) is 2.20. The van der Waals surface area contributed by atoms with E-state index >= 15 is 0 Å². The van der Waals surface area contributed by atoms with E-state index in [2.05, 4.69) is 5.32 Å². The lowest BCUT2D eigenvalue weighted by Gasteiger charge is -2.36. The highest BCUT2D eigenvalue weighted by Crippen LogP contribution is 2.32. The van der Waals surface area contributed by atoms with Gasteiger partial charge < -0.3 is 15.1 Å². The van der Waals surface area contributed by atoms with Crippen molar-refractivity contribution < 1.29 is 27.6 Å². The first-order valence-electron chi connectivity index (χ1n) is 10.9. The average Bonchev–Trinajstić information content (AvgIpc) is 3.07. The Morgan fingerprint density at radius 2 is 1.74 bits per heavy atom. The van der Waals surface area contributed by atoms with E-state index in [0.717, 1.165) is 17.0 Å². The molecule has 0 saturated carbocycles. The molecule has 8 nitrogen and oxygen atoms in total. The summed E-state index contributed by atoms with van der Waals surface area (Å²) in [6, 6.07) is 12.5. The van der Waals surface area contributed by atoms with Crippen LogP contribution in [0.25, 0.3) is 0 Å². The second kappa shape index (κ2) is 8.94. The summed E-state index contributed by atoms with van der Waals surface area (Å²) in [5, 5.41) is 11.6. The number of hydrogen-bond donors (Lipinski definition) is 1. The number of hydrogen-bond acceptors (Lipinski definition) is 5. The number of piperazine rings is 1. The van der Waals surface area contributed by atoms with Gasteiger partial charge in [0.1, 0.15) is 12.1 Å². The Morgan fingerprint density at radius 1 is 1.09 bits per heavy atom. The maximum atomic E-state index is 13.1. The Balaban J connectivity index is 1.39. The van der Waals surface area contributed by atoms with Crippen molar-refractivity contribution in [2.24, 2.45) is 0 Å². The van der Waals surface area contributed by atoms with Crippen molar-refractivity contribution in [1.29, 1.82) is 5.26 Å². The first-order chi connectivity index (χ1) is 16.5. The molecule has 0 aliphatic carbocycles. The standard InChI is InChI=1S/C24H22F3N5O3/c1-23(17-7-5-16(14-28)6-8-17)21(34)32(22(35)29-23)15-20(33)31-11-9-30(10-12-31)19-4-2-3-18(13-19)24(25,26)27/h2-8,13H,9-12,15H2,1H3,(H,29,35). The van der Waals surface area contributed by atoms with Crippen LogP contribution in [0.1, 0.15) is 23.6 Å². The minimum atomic E-state index is -4.44. The molecule has 0 aromatic heterocycles. The number of nitrogens with zero attached hydrogens (tertiary/aromatic N) is 4. The molecule has 35 heavy (non-hydrogen) atoms. The minimum absolute atomic E-state index is 0.242. The van der Waals surface area contributed by atoms with E-state index in [9.17, 15) is 27.6 Å². The van der Waals surface area contributed by atoms with Crippen LogP contribution in [-0.4, -0.2) is 60.4 Å². The maximum Gasteiger partial charge on any atom is 0.416 e. The molecule has 2 aliphatic heterocycles. The second-order valence-corrected chi connectivity index (χ2v) is 8.55. The van der Waals surface area contributed by atoms with Crippen LogP contribution in [-0.2, 0) is 21.3 Å². The third-order valence-electron chi connectivity index (χ3n) is 6.33. The van der Waals surface area contributed by atoms with E-state index in [1.807, 2.05) is 6.07 Å². The van der Waals surface area contributed by atoms with Gasteiger partial charge in [0, 0.05) is 31.9 Å². The molecule has 1 unspecified atom stereocenters. The summed E-state index contributed by atoms with van der Waals surface area (Å²) >= 11 is 0. The van der Waals surface area contributed by atoms with Gasteiger partial charge in [0.05, 0.1) is 17.2 Å². The minimum Gasteiger partial charge on any atom is -0.368 e. The van der Waals surface area contributed by atoms with Gasteiger partial charge in [-0.25, -0.2) is 4.79 Å². The van der Waals surface area contributed by atoms with Crippen LogP contribution in [0.3, 0.4) is 0 Å². The lowest BCUT2D eigenvalue weighted by Crippen LogP contribution is -2.52. The Morgan fingerprint density at radius 3 is 2.34 bits per heavy atom. The number of anilines is 1. The molecule has 4 rings (SSSR count). The Labute approximate surface area is 199 Å². The van der Waals surface area contributed by atoms with Gasteiger partial charge in [-0.05, 0) is 42.8 Å². The predicted octanol–water partition coefficient (Wildman–Crippen LogP) is 2.69. The molecule has 2 heterocycles. The Hall–Kier alpha value is -4.07. The SMILES string of the molecule is CC1(c2ccc(C#N)cc2)NC(=O)N(CC(=O)N2CCN(c3cccc(C(F)(F)F)c3)CC2)C1=O. The molecule has 1 N–H and O–H groups in total. The molecule has 2 saturated heterocycles. The fraction of sp³-hybridized carbons (Fsp3) is 0.333. The molecule has 0 bridgehead atoms. The highest BCUT2D eigenvalue weighted by Gasteiger charge is 2.49. The number of nitriles is 1. The van der Waals surface area contributed by atoms with Crippen molar-refractivity contribution >= 4 is 23.5 Å². The average molecular weight is 485 g/mol. The fourth-order valence-corrected chi connectivity index (χ4v) is 4.24. The van der Waals surface area contributed by atoms with Gasteiger partial charge in [-0.2, -0.15) is 18.4 Å². The number of nitrogens with one attached hydrogen (secondary N) is 1. The number of halogens is 3. The molecule has 4 amide bonds. The van der Waals surface area contributed by atoms with Crippen LogP contribution in [0, 0.1) is 11.3 Å². The normalized spacial score (nSPS) is 20.6. The lowest BCUT2D eigenvalue weighted by atomic mass is 9.91. The van der Waals surface area contributed by atoms with Crippen molar-refractivity contribution in [3.63, 3.8) is 0 Å². The third-order valence-corrected chi connectivity index (χ3v) is 6.33. The van der Waals surface area contributed by atoms with E-state index in [4.69, 9.17) is 5.26 Å². The molecule has 182 valence electrons. The first-order valence-corrected chi connectivity index (χ1v) is 10.9. The van der Waals surface area contributed by atoms with Gasteiger partial charge in [-0.3, -0.25) is 14.5 Å². The smallest absolute Gasteiger partial charge is 0.368 e. The topological polar surface area (TPSA) is 96.8 Å². The van der Waals surface area contributed by atoms with Crippen molar-refractivity contribution in [3.05, 3.63) is 65.2 Å². The van der Waals surface area contributed by atoms with Crippen LogP contribution in [0.5, 0.6) is 0 Å². The maximum absolute atomic E-state index is 13.1. The number of urea groups is 1. The summed E-state index contributed by atoms with van der Waals surface area (Å²) in [5.41, 5.74) is -0.797. The van der Waals surface area contributed by atoms with Crippen molar-refractivity contribution in [2.75, 3.05) is 37.6 Å². The van der Waals surface area contributed by atoms with Gasteiger partial charge >= 0.3 is 12.2 Å². The van der Waals surface area contributed by atoms with Crippen LogP contribution < -0.4 is 10.2 Å². The molecule has 0 radical (unpaired) electrons. The van der Waals surface area contributed by atoms with Gasteiger partial charge in [-0.1, -0.05) is 18.2 Å². The van der Waals surface area contributed by atoms with E-state index in [1.54, 1.807) is 23.1 Å². The molecular formula is C24H22F3N5O3. The largest absolute Gasteiger partial charge is 0.416 e. The molecule has 2 aromatic carbocycles. The first kappa shape index (κ1) is 24.1. The fourth-order valence-electron chi connectivity index (χ4n) is 4.24. The Bertz CT molecular complexity index is 1200. The second-order valence-electron chi connectivity index (χ2n) is 8.55. The quantitative estimate of drug-likeness (QED) is 0.672. The zero-order valence-electron chi connectivity index (χ0n) is 18.8. The summed E-state index contributed by atoms with van der Waals surface area (Å²) in [6.07, 6.45) is -4.44. The van der Waals surface area contributed by atoms with Crippen molar-refractivity contribution in [1.82, 2.24) is 15.1 Å². The molecule has 2 fully saturated rings. The van der Waals surface area contributed by atoms with Crippen LogP contribution in [0.15, 0.2) is 48.5 Å². The van der Waals surface area contributed by atoms with Crippen LogP contribution in [0.2, 0.25) is 0 Å². The highest BCUT2D eigenvalue weighted by molar-refractivity contribution is 6.09. The van der Waals surface area contributed by atoms with Crippen molar-refractivity contribution in [3.8, 4) is 6.07 Å². The third kappa shape index (κ3) is 4.64. The number of carbonyl (C=O) groups is 3. The van der Waals surface area contributed by atoms with Gasteiger partial charge in [0.25, 0.3) is 5.91 Å². The van der Waals surface area contributed by atoms with E-state index in [-0.39, 0.29) is 13.1 Å². The molecule has 2 aromatic rings. The number of amides is 4. The lowest BCUT2D eigenvalue weighted by molar-refractivity contribution is -0.139. The molecule has 2 aliphatic rings. The number of imide groups is 1. The van der Waals surface area contributed by atoms with E-state index < -0.39 is 41.7 Å². The summed E-state index contributed by atoms with van der Waals surface area (Å²) < 4.78 is 39.0. The molecular weight excluding hydrogens is 463 g/mol. The zero-order valence-corrected chi connectivity index (χ0v) is 18.8. The van der Waals surface area contributed by atoms with Crippen molar-refractivity contribution in [2.45, 2.75) is 18.6 Å². The number of benzene rings is 2.